The molecule has 0 aliphatic heterocycles. The minimum Gasteiger partial charge on any atom is -0.281 e. The average molecular weight is 577 g/mol. The van der Waals surface area contributed by atoms with Crippen molar-refractivity contribution in [3.63, 3.8) is 0 Å². The Hall–Kier alpha value is -4.17. The van der Waals surface area contributed by atoms with Gasteiger partial charge in [0, 0.05) is 21.1 Å². The van der Waals surface area contributed by atoms with Crippen LogP contribution in [0.2, 0.25) is 0 Å². The van der Waals surface area contributed by atoms with Gasteiger partial charge < -0.3 is 0 Å². The summed E-state index contributed by atoms with van der Waals surface area (Å²) >= 11 is 0. The van der Waals surface area contributed by atoms with Gasteiger partial charge in [-0.1, -0.05) is 54.6 Å². The van der Waals surface area contributed by atoms with Crippen molar-refractivity contribution in [3.8, 4) is 18.2 Å². The molecule has 0 bridgehead atoms. The molecular weight excluding hydrogens is 562 g/mol. The van der Waals surface area contributed by atoms with Gasteiger partial charge in [0.25, 0.3) is 20.4 Å². The predicted molar refractivity (Wildman–Crippen MR) is 111 cm³/mol. The molecule has 0 atom stereocenters. The molecule has 0 amide bonds. The van der Waals surface area contributed by atoms with E-state index in [9.17, 15) is 0 Å². The molecule has 7 heteroatoms. The van der Waals surface area contributed by atoms with Crippen molar-refractivity contribution in [2.75, 3.05) is 0 Å². The molecule has 150 valence electrons. The SMILES string of the molecule is N#Cc1ccccc1.N#Cc1ccccc1.N#Cc1ccccc1.[C]=O.[C]=O.[C]=O.[W]. The molecule has 0 aliphatic carbocycles. The largest absolute Gasteiger partial charge is 0.281 e. The van der Waals surface area contributed by atoms with Crippen molar-refractivity contribution in [2.24, 2.45) is 0 Å². The van der Waals surface area contributed by atoms with Crippen LogP contribution in [0.1, 0.15) is 16.7 Å². The van der Waals surface area contributed by atoms with Crippen molar-refractivity contribution >= 4 is 20.4 Å². The molecule has 0 aromatic heterocycles. The molecule has 31 heavy (non-hydrogen) atoms. The summed E-state index contributed by atoms with van der Waals surface area (Å²) in [6.45, 7) is 13.5. The van der Waals surface area contributed by atoms with Gasteiger partial charge in [0.1, 0.15) is 0 Å². The zero-order chi connectivity index (χ0) is 23.5. The van der Waals surface area contributed by atoms with Crippen LogP contribution >= 0.6 is 0 Å². The summed E-state index contributed by atoms with van der Waals surface area (Å²) in [4.78, 5) is 22.5. The Morgan fingerprint density at radius 2 is 0.581 bits per heavy atom. The minimum absolute atomic E-state index is 0. The van der Waals surface area contributed by atoms with Crippen LogP contribution in [0.5, 0.6) is 0 Å². The fourth-order valence-corrected chi connectivity index (χ4v) is 1.54. The molecule has 0 N–H and O–H groups in total. The number of benzene rings is 3. The number of rotatable bonds is 0. The predicted octanol–water partition coefficient (Wildman–Crippen LogP) is 3.48. The van der Waals surface area contributed by atoms with Crippen molar-refractivity contribution < 1.29 is 35.4 Å². The molecule has 0 aliphatic rings. The fraction of sp³-hybridized carbons (Fsp3) is 0. The van der Waals surface area contributed by atoms with E-state index in [1.54, 1.807) is 36.4 Å². The van der Waals surface area contributed by atoms with Crippen LogP contribution in [-0.2, 0) is 35.4 Å². The van der Waals surface area contributed by atoms with Crippen LogP contribution in [0, 0.1) is 34.0 Å². The zero-order valence-corrected chi connectivity index (χ0v) is 19.1. The Labute approximate surface area is 197 Å². The first-order valence-electron chi connectivity index (χ1n) is 7.77. The standard InChI is InChI=1S/3C7H5N.3CO.W/c3*8-6-7-4-2-1-3-5-7;3*1-2;/h3*1-5H;;;;. The normalized spacial score (nSPS) is 6.48. The summed E-state index contributed by atoms with van der Waals surface area (Å²) in [7, 11) is 0. The minimum atomic E-state index is 0. The Morgan fingerprint density at radius 1 is 0.419 bits per heavy atom. The molecule has 3 aromatic carbocycles. The van der Waals surface area contributed by atoms with Crippen molar-refractivity contribution in [1.82, 2.24) is 0 Å². The van der Waals surface area contributed by atoms with Crippen LogP contribution in [-0.4, -0.2) is 20.4 Å². The van der Waals surface area contributed by atoms with Gasteiger partial charge in [-0.3, -0.25) is 14.4 Å². The van der Waals surface area contributed by atoms with E-state index in [2.05, 4.69) is 20.4 Å². The van der Waals surface area contributed by atoms with E-state index >= 15 is 0 Å². The van der Waals surface area contributed by atoms with Gasteiger partial charge in [-0.2, -0.15) is 15.8 Å². The average Bonchev–Trinajstić information content (AvgIpc) is 2.90. The third-order valence-electron chi connectivity index (χ3n) is 2.71. The van der Waals surface area contributed by atoms with Crippen molar-refractivity contribution in [3.05, 3.63) is 108 Å². The summed E-state index contributed by atoms with van der Waals surface area (Å²) in [6, 6.07) is 33.5. The van der Waals surface area contributed by atoms with E-state index < -0.39 is 0 Å². The second-order valence-electron chi connectivity index (χ2n) is 4.43. The number of nitriles is 3. The van der Waals surface area contributed by atoms with Gasteiger partial charge in [0.2, 0.25) is 0 Å². The summed E-state index contributed by atoms with van der Waals surface area (Å²) in [5, 5.41) is 24.9. The number of hydrogen-bond donors (Lipinski definition) is 0. The maximum Gasteiger partial charge on any atom is 0.281 e. The van der Waals surface area contributed by atoms with E-state index in [-0.39, 0.29) is 21.1 Å². The maximum absolute atomic E-state index is 8.29. The molecule has 6 nitrogen and oxygen atoms in total. The van der Waals surface area contributed by atoms with Crippen LogP contribution < -0.4 is 0 Å². The van der Waals surface area contributed by atoms with Crippen LogP contribution in [0.15, 0.2) is 91.0 Å². The Bertz CT molecular complexity index is 766. The zero-order valence-electron chi connectivity index (χ0n) is 16.1. The quantitative estimate of drug-likeness (QED) is 0.404. The van der Waals surface area contributed by atoms with Gasteiger partial charge >= 0.3 is 0 Å². The molecule has 0 spiro atoms. The van der Waals surface area contributed by atoms with Crippen LogP contribution in [0.4, 0.5) is 0 Å². The summed E-state index contributed by atoms with van der Waals surface area (Å²) < 4.78 is 0. The maximum atomic E-state index is 8.29. The summed E-state index contributed by atoms with van der Waals surface area (Å²) in [6.07, 6.45) is 0. The molecule has 0 fully saturated rings. The first-order valence-corrected chi connectivity index (χ1v) is 7.77. The molecular formula is C24H15N3O3W. The van der Waals surface area contributed by atoms with Crippen LogP contribution in [0.25, 0.3) is 0 Å². The summed E-state index contributed by atoms with van der Waals surface area (Å²) in [5.41, 5.74) is 2.15. The molecule has 0 unspecified atom stereocenters. The Morgan fingerprint density at radius 3 is 0.677 bits per heavy atom. The first-order chi connectivity index (χ1) is 14.8. The Balaban J connectivity index is -0.000000155. The van der Waals surface area contributed by atoms with Crippen molar-refractivity contribution in [2.45, 2.75) is 0 Å². The molecule has 3 rings (SSSR count). The van der Waals surface area contributed by atoms with E-state index in [0.29, 0.717) is 16.7 Å². The number of hydrogen-bond acceptors (Lipinski definition) is 6. The van der Waals surface area contributed by atoms with Gasteiger partial charge in [0.15, 0.2) is 0 Å². The molecule has 0 saturated carbocycles. The Kier molecular flexibility index (Phi) is 33.8. The number of carbonyl (C=O) groups excluding carboxylic acids is 3. The molecule has 0 saturated heterocycles. The van der Waals surface area contributed by atoms with Gasteiger partial charge in [0.05, 0.1) is 34.9 Å². The monoisotopic (exact) mass is 577 g/mol. The van der Waals surface area contributed by atoms with Crippen LogP contribution in [0.3, 0.4) is 0 Å². The topological polar surface area (TPSA) is 123 Å². The van der Waals surface area contributed by atoms with Crippen molar-refractivity contribution in [1.29, 1.82) is 15.8 Å². The number of nitrogens with zero attached hydrogens (tertiary/aromatic N) is 3. The van der Waals surface area contributed by atoms with E-state index in [1.165, 1.54) is 0 Å². The van der Waals surface area contributed by atoms with Gasteiger partial charge in [-0.25, -0.2) is 0 Å². The first kappa shape index (κ1) is 34.3. The second-order valence-corrected chi connectivity index (χ2v) is 4.43. The summed E-state index contributed by atoms with van der Waals surface area (Å²) in [5.74, 6) is 0. The van der Waals surface area contributed by atoms with E-state index in [4.69, 9.17) is 30.2 Å². The molecule has 3 aromatic rings. The van der Waals surface area contributed by atoms with E-state index in [0.717, 1.165) is 0 Å². The third-order valence-corrected chi connectivity index (χ3v) is 2.71. The molecule has 0 heterocycles. The van der Waals surface area contributed by atoms with Gasteiger partial charge in [-0.05, 0) is 36.4 Å². The second kappa shape index (κ2) is 30.6. The molecule has 6 radical (unpaired) electrons. The smallest absolute Gasteiger partial charge is 0.281 e. The van der Waals surface area contributed by atoms with E-state index in [1.807, 2.05) is 72.8 Å². The fourth-order valence-electron chi connectivity index (χ4n) is 1.54. The van der Waals surface area contributed by atoms with Gasteiger partial charge in [-0.15, -0.1) is 0 Å². The third kappa shape index (κ3) is 22.0.